The Morgan fingerprint density at radius 1 is 0.969 bits per heavy atom. The predicted octanol–water partition coefficient (Wildman–Crippen LogP) is 1.46. The van der Waals surface area contributed by atoms with Crippen molar-refractivity contribution >= 4 is 34.1 Å². The number of amides is 1. The van der Waals surface area contributed by atoms with Crippen molar-refractivity contribution in [3.05, 3.63) is 64.9 Å². The Kier molecular flexibility index (Phi) is 5.18. The number of fused-ring (bicyclic) bond motifs is 3. The SMILES string of the molecule is O=C1C=CC(N2CCN(CCCn3c(=O)c4cccn4c4cc(F)ccc43)CC2=O)=NC1. The van der Waals surface area contributed by atoms with Crippen molar-refractivity contribution in [3.8, 4) is 0 Å². The number of hydrogen-bond acceptors (Lipinski definition) is 5. The molecule has 1 aromatic carbocycles. The van der Waals surface area contributed by atoms with Gasteiger partial charge in [0.1, 0.15) is 23.7 Å². The third-order valence-electron chi connectivity index (χ3n) is 5.95. The van der Waals surface area contributed by atoms with Crippen LogP contribution in [-0.4, -0.2) is 69.0 Å². The first-order valence-corrected chi connectivity index (χ1v) is 10.6. The number of carbonyl (C=O) groups is 2. The lowest BCUT2D eigenvalue weighted by molar-refractivity contribution is -0.131. The summed E-state index contributed by atoms with van der Waals surface area (Å²) in [4.78, 5) is 44.7. The number of amidine groups is 1. The molecule has 8 nitrogen and oxygen atoms in total. The maximum atomic E-state index is 13.8. The summed E-state index contributed by atoms with van der Waals surface area (Å²) in [6.45, 7) is 2.66. The number of halogens is 1. The first kappa shape index (κ1) is 20.3. The lowest BCUT2D eigenvalue weighted by Crippen LogP contribution is -2.52. The highest BCUT2D eigenvalue weighted by atomic mass is 19.1. The first-order valence-electron chi connectivity index (χ1n) is 10.6. The third-order valence-corrected chi connectivity index (χ3v) is 5.95. The van der Waals surface area contributed by atoms with E-state index in [1.165, 1.54) is 18.2 Å². The third kappa shape index (κ3) is 3.64. The van der Waals surface area contributed by atoms with Gasteiger partial charge in [0.2, 0.25) is 5.91 Å². The molecule has 164 valence electrons. The number of hydrogen-bond donors (Lipinski definition) is 0. The van der Waals surface area contributed by atoms with Crippen molar-refractivity contribution in [3.63, 3.8) is 0 Å². The Morgan fingerprint density at radius 2 is 1.84 bits per heavy atom. The number of dihydropyridines is 1. The number of aromatic nitrogens is 2. The molecule has 1 fully saturated rings. The molecule has 2 aromatic heterocycles. The Morgan fingerprint density at radius 3 is 2.62 bits per heavy atom. The summed E-state index contributed by atoms with van der Waals surface area (Å²) in [7, 11) is 0. The zero-order valence-electron chi connectivity index (χ0n) is 17.4. The van der Waals surface area contributed by atoms with E-state index in [1.807, 2.05) is 0 Å². The summed E-state index contributed by atoms with van der Waals surface area (Å²) in [5.41, 5.74) is 1.71. The molecule has 0 bridgehead atoms. The number of aliphatic imine (C=N–C) groups is 1. The number of rotatable bonds is 4. The minimum Gasteiger partial charge on any atom is -0.310 e. The van der Waals surface area contributed by atoms with Crippen molar-refractivity contribution in [1.82, 2.24) is 18.8 Å². The van der Waals surface area contributed by atoms with Gasteiger partial charge in [0, 0.05) is 32.4 Å². The van der Waals surface area contributed by atoms with Crippen LogP contribution in [0.2, 0.25) is 0 Å². The molecule has 1 saturated heterocycles. The largest absolute Gasteiger partial charge is 0.310 e. The van der Waals surface area contributed by atoms with Gasteiger partial charge in [-0.25, -0.2) is 4.39 Å². The van der Waals surface area contributed by atoms with Gasteiger partial charge in [0.05, 0.1) is 17.6 Å². The molecule has 0 atom stereocenters. The van der Waals surface area contributed by atoms with Gasteiger partial charge >= 0.3 is 0 Å². The predicted molar refractivity (Wildman–Crippen MR) is 118 cm³/mol. The average Bonchev–Trinajstić information content (AvgIpc) is 3.28. The molecule has 5 rings (SSSR count). The normalized spacial score (nSPS) is 17.5. The van der Waals surface area contributed by atoms with Crippen molar-refractivity contribution in [2.45, 2.75) is 13.0 Å². The topological polar surface area (TPSA) is 79.4 Å². The standard InChI is InChI=1S/C23H22FN5O3/c24-16-4-6-18-20(13-16)27-9-1-3-19(27)23(32)28(18)10-2-8-26-11-12-29(22(31)15-26)21-7-5-17(30)14-25-21/h1,3-7,9,13H,2,8,10-12,14-15H2. The van der Waals surface area contributed by atoms with E-state index in [0.29, 0.717) is 55.0 Å². The molecule has 4 heterocycles. The van der Waals surface area contributed by atoms with Crippen LogP contribution in [0.25, 0.3) is 16.6 Å². The lowest BCUT2D eigenvalue weighted by Gasteiger charge is -2.34. The fourth-order valence-corrected chi connectivity index (χ4v) is 4.37. The molecule has 2 aliphatic rings. The summed E-state index contributed by atoms with van der Waals surface area (Å²) in [5.74, 6) is 0.0706. The highest BCUT2D eigenvalue weighted by Gasteiger charge is 2.27. The molecule has 0 saturated carbocycles. The number of aryl methyl sites for hydroxylation is 1. The molecule has 32 heavy (non-hydrogen) atoms. The Labute approximate surface area is 182 Å². The van der Waals surface area contributed by atoms with Crippen LogP contribution in [-0.2, 0) is 16.1 Å². The van der Waals surface area contributed by atoms with E-state index in [-0.39, 0.29) is 36.2 Å². The molecule has 0 unspecified atom stereocenters. The summed E-state index contributed by atoms with van der Waals surface area (Å²) < 4.78 is 17.2. The van der Waals surface area contributed by atoms with Crippen molar-refractivity contribution < 1.29 is 14.0 Å². The van der Waals surface area contributed by atoms with Crippen molar-refractivity contribution in [2.75, 3.05) is 32.7 Å². The van der Waals surface area contributed by atoms with Crippen LogP contribution in [0.3, 0.4) is 0 Å². The molecular weight excluding hydrogens is 413 g/mol. The highest BCUT2D eigenvalue weighted by Crippen LogP contribution is 2.17. The minimum atomic E-state index is -0.351. The van der Waals surface area contributed by atoms with E-state index >= 15 is 0 Å². The quantitative estimate of drug-likeness (QED) is 0.622. The monoisotopic (exact) mass is 435 g/mol. The van der Waals surface area contributed by atoms with Gasteiger partial charge in [-0.2, -0.15) is 0 Å². The number of carbonyl (C=O) groups excluding carboxylic acids is 2. The average molecular weight is 435 g/mol. The van der Waals surface area contributed by atoms with E-state index < -0.39 is 0 Å². The molecule has 0 spiro atoms. The van der Waals surface area contributed by atoms with Gasteiger partial charge < -0.3 is 8.97 Å². The van der Waals surface area contributed by atoms with E-state index in [4.69, 9.17) is 0 Å². The maximum Gasteiger partial charge on any atom is 0.275 e. The van der Waals surface area contributed by atoms with Crippen molar-refractivity contribution in [1.29, 1.82) is 0 Å². The smallest absolute Gasteiger partial charge is 0.275 e. The fourth-order valence-electron chi connectivity index (χ4n) is 4.37. The molecule has 0 radical (unpaired) electrons. The van der Waals surface area contributed by atoms with E-state index in [2.05, 4.69) is 9.89 Å². The van der Waals surface area contributed by atoms with Gasteiger partial charge in [-0.3, -0.25) is 29.2 Å². The van der Waals surface area contributed by atoms with E-state index in [0.717, 1.165) is 0 Å². The van der Waals surface area contributed by atoms with Gasteiger partial charge in [0.15, 0.2) is 5.78 Å². The van der Waals surface area contributed by atoms with E-state index in [1.54, 1.807) is 44.3 Å². The number of ketones is 1. The van der Waals surface area contributed by atoms with E-state index in [9.17, 15) is 18.8 Å². The molecule has 0 aliphatic carbocycles. The summed E-state index contributed by atoms with van der Waals surface area (Å²) in [6, 6.07) is 7.94. The van der Waals surface area contributed by atoms with Crippen LogP contribution in [0.4, 0.5) is 4.39 Å². The Bertz CT molecular complexity index is 1350. The maximum absolute atomic E-state index is 13.8. The minimum absolute atomic E-state index is 0.0540. The number of nitrogens with zero attached hydrogens (tertiary/aromatic N) is 5. The summed E-state index contributed by atoms with van der Waals surface area (Å²) in [5, 5.41) is 0. The van der Waals surface area contributed by atoms with Crippen LogP contribution in [0.5, 0.6) is 0 Å². The molecule has 0 N–H and O–H groups in total. The molecule has 2 aliphatic heterocycles. The Hall–Kier alpha value is -3.59. The van der Waals surface area contributed by atoms with Crippen molar-refractivity contribution in [2.24, 2.45) is 4.99 Å². The van der Waals surface area contributed by atoms with Gasteiger partial charge in [-0.05, 0) is 48.9 Å². The second-order valence-corrected chi connectivity index (χ2v) is 8.00. The van der Waals surface area contributed by atoms with Crippen LogP contribution >= 0.6 is 0 Å². The number of benzene rings is 1. The Balaban J connectivity index is 1.28. The van der Waals surface area contributed by atoms with Crippen LogP contribution in [0, 0.1) is 5.82 Å². The molecule has 1 amide bonds. The highest BCUT2D eigenvalue weighted by molar-refractivity contribution is 6.11. The molecule has 9 heteroatoms. The van der Waals surface area contributed by atoms with Crippen LogP contribution in [0.1, 0.15) is 6.42 Å². The zero-order valence-corrected chi connectivity index (χ0v) is 17.4. The van der Waals surface area contributed by atoms with Crippen LogP contribution in [0.15, 0.2) is 58.5 Å². The summed E-state index contributed by atoms with van der Waals surface area (Å²) >= 11 is 0. The second kappa shape index (κ2) is 8.16. The van der Waals surface area contributed by atoms with Gasteiger partial charge in [0.25, 0.3) is 5.56 Å². The number of piperazine rings is 1. The molecular formula is C23H22FN5O3. The van der Waals surface area contributed by atoms with Crippen LogP contribution < -0.4 is 5.56 Å². The zero-order chi connectivity index (χ0) is 22.2. The van der Waals surface area contributed by atoms with Gasteiger partial charge in [-0.1, -0.05) is 0 Å². The summed E-state index contributed by atoms with van der Waals surface area (Å²) in [6.07, 6.45) is 5.48. The van der Waals surface area contributed by atoms with Gasteiger partial charge in [-0.15, -0.1) is 0 Å². The second-order valence-electron chi connectivity index (χ2n) is 8.00. The fraction of sp³-hybridized carbons (Fsp3) is 0.304. The first-order chi connectivity index (χ1) is 15.5. The molecule has 3 aromatic rings. The lowest BCUT2D eigenvalue weighted by atomic mass is 10.2.